The molecule has 0 aromatic rings. The van der Waals surface area contributed by atoms with Crippen LogP contribution >= 0.6 is 12.4 Å². The maximum Gasteiger partial charge on any atom is 0.236 e. The highest BCUT2D eigenvalue weighted by atomic mass is 35.5. The summed E-state index contributed by atoms with van der Waals surface area (Å²) in [6.45, 7) is 5.32. The molecule has 17 heavy (non-hydrogen) atoms. The van der Waals surface area contributed by atoms with Gasteiger partial charge in [-0.25, -0.2) is 0 Å². The van der Waals surface area contributed by atoms with Crippen molar-refractivity contribution in [2.45, 2.75) is 19.3 Å². The lowest BCUT2D eigenvalue weighted by molar-refractivity contribution is -0.132. The quantitative estimate of drug-likeness (QED) is 0.804. The van der Waals surface area contributed by atoms with Gasteiger partial charge in [-0.3, -0.25) is 9.69 Å². The lowest BCUT2D eigenvalue weighted by atomic mass is 9.85. The summed E-state index contributed by atoms with van der Waals surface area (Å²) in [7, 11) is 2.07. The van der Waals surface area contributed by atoms with Crippen molar-refractivity contribution in [1.29, 1.82) is 0 Å². The van der Waals surface area contributed by atoms with Crippen LogP contribution in [0.3, 0.4) is 0 Å². The fourth-order valence-corrected chi connectivity index (χ4v) is 2.43. The van der Waals surface area contributed by atoms with Gasteiger partial charge in [0.1, 0.15) is 0 Å². The fourth-order valence-electron chi connectivity index (χ4n) is 2.43. The van der Waals surface area contributed by atoms with Crippen molar-refractivity contribution in [2.75, 3.05) is 46.3 Å². The van der Waals surface area contributed by atoms with Crippen LogP contribution in [-0.2, 0) is 4.79 Å². The second-order valence-corrected chi connectivity index (χ2v) is 5.12. The van der Waals surface area contributed by atoms with Gasteiger partial charge in [-0.05, 0) is 25.8 Å². The van der Waals surface area contributed by atoms with Crippen molar-refractivity contribution in [3.05, 3.63) is 0 Å². The minimum atomic E-state index is 0. The van der Waals surface area contributed by atoms with Crippen molar-refractivity contribution in [2.24, 2.45) is 5.92 Å². The first kappa shape index (κ1) is 14.7. The van der Waals surface area contributed by atoms with Crippen LogP contribution in [0.2, 0.25) is 0 Å². The predicted molar refractivity (Wildman–Crippen MR) is 71.5 cm³/mol. The molecule has 5 heteroatoms. The number of nitrogens with one attached hydrogen (secondary N) is 1. The number of halogens is 1. The van der Waals surface area contributed by atoms with Gasteiger partial charge in [0.2, 0.25) is 5.91 Å². The van der Waals surface area contributed by atoms with Crippen molar-refractivity contribution in [3.8, 4) is 0 Å². The minimum Gasteiger partial charge on any atom is -0.339 e. The molecular weight excluding hydrogens is 238 g/mol. The highest BCUT2D eigenvalue weighted by Gasteiger charge is 2.22. The summed E-state index contributed by atoms with van der Waals surface area (Å²) in [5, 5.41) is 3.27. The summed E-state index contributed by atoms with van der Waals surface area (Å²) >= 11 is 0. The molecule has 1 aliphatic heterocycles. The van der Waals surface area contributed by atoms with Gasteiger partial charge in [0.25, 0.3) is 0 Å². The van der Waals surface area contributed by atoms with Crippen LogP contribution in [0.25, 0.3) is 0 Å². The third-order valence-corrected chi connectivity index (χ3v) is 3.67. The van der Waals surface area contributed by atoms with E-state index in [2.05, 4.69) is 17.3 Å². The number of hydrogen-bond donors (Lipinski definition) is 1. The van der Waals surface area contributed by atoms with E-state index >= 15 is 0 Å². The molecule has 0 bridgehead atoms. The lowest BCUT2D eigenvalue weighted by Crippen LogP contribution is -2.49. The zero-order valence-corrected chi connectivity index (χ0v) is 11.5. The van der Waals surface area contributed by atoms with Crippen LogP contribution in [-0.4, -0.2) is 62.0 Å². The Bertz CT molecular complexity index is 240. The van der Waals surface area contributed by atoms with Crippen LogP contribution in [0, 0.1) is 5.92 Å². The third-order valence-electron chi connectivity index (χ3n) is 3.67. The molecule has 2 aliphatic rings. The average molecular weight is 262 g/mol. The molecule has 1 heterocycles. The summed E-state index contributed by atoms with van der Waals surface area (Å²) in [5.41, 5.74) is 0. The van der Waals surface area contributed by atoms with Crippen molar-refractivity contribution < 1.29 is 4.79 Å². The molecular formula is C12H24ClN3O. The molecule has 1 aliphatic carbocycles. The van der Waals surface area contributed by atoms with Crippen LogP contribution < -0.4 is 5.32 Å². The monoisotopic (exact) mass is 261 g/mol. The maximum absolute atomic E-state index is 12.0. The van der Waals surface area contributed by atoms with E-state index in [1.54, 1.807) is 0 Å². The van der Waals surface area contributed by atoms with Crippen LogP contribution in [0.5, 0.6) is 0 Å². The molecule has 2 rings (SSSR count). The van der Waals surface area contributed by atoms with Crippen LogP contribution in [0.1, 0.15) is 19.3 Å². The smallest absolute Gasteiger partial charge is 0.236 e. The van der Waals surface area contributed by atoms with E-state index in [9.17, 15) is 4.79 Å². The molecule has 0 unspecified atom stereocenters. The SMILES string of the molecule is CN(CC(=O)N1CCNCC1)CC1CCC1.Cl. The zero-order valence-electron chi connectivity index (χ0n) is 10.7. The van der Waals surface area contributed by atoms with E-state index < -0.39 is 0 Å². The Balaban J connectivity index is 0.00000144. The third kappa shape index (κ3) is 4.45. The lowest BCUT2D eigenvalue weighted by Gasteiger charge is -2.32. The molecule has 1 saturated heterocycles. The Morgan fingerprint density at radius 2 is 2.00 bits per heavy atom. The van der Waals surface area contributed by atoms with Gasteiger partial charge in [-0.1, -0.05) is 6.42 Å². The maximum atomic E-state index is 12.0. The number of carbonyl (C=O) groups is 1. The van der Waals surface area contributed by atoms with Crippen LogP contribution in [0.15, 0.2) is 0 Å². The van der Waals surface area contributed by atoms with Crippen molar-refractivity contribution in [3.63, 3.8) is 0 Å². The van der Waals surface area contributed by atoms with Crippen molar-refractivity contribution >= 4 is 18.3 Å². The number of hydrogen-bond acceptors (Lipinski definition) is 3. The molecule has 0 atom stereocenters. The largest absolute Gasteiger partial charge is 0.339 e. The number of piperazine rings is 1. The number of likely N-dealkylation sites (N-methyl/N-ethyl adjacent to an activating group) is 1. The van der Waals surface area contributed by atoms with E-state index in [1.807, 2.05) is 4.90 Å². The van der Waals surface area contributed by atoms with Crippen molar-refractivity contribution in [1.82, 2.24) is 15.1 Å². The first-order chi connectivity index (χ1) is 7.75. The fraction of sp³-hybridized carbons (Fsp3) is 0.917. The zero-order chi connectivity index (χ0) is 11.4. The van der Waals surface area contributed by atoms with Gasteiger partial charge in [-0.2, -0.15) is 0 Å². The van der Waals surface area contributed by atoms with Gasteiger partial charge in [0.15, 0.2) is 0 Å². The van der Waals surface area contributed by atoms with E-state index in [1.165, 1.54) is 19.3 Å². The van der Waals surface area contributed by atoms with Crippen LogP contribution in [0.4, 0.5) is 0 Å². The van der Waals surface area contributed by atoms with E-state index in [0.717, 1.165) is 38.6 Å². The normalized spacial score (nSPS) is 20.9. The number of nitrogens with zero attached hydrogens (tertiary/aromatic N) is 2. The molecule has 1 amide bonds. The summed E-state index contributed by atoms with van der Waals surface area (Å²) in [6, 6.07) is 0. The summed E-state index contributed by atoms with van der Waals surface area (Å²) < 4.78 is 0. The molecule has 100 valence electrons. The number of amides is 1. The second-order valence-electron chi connectivity index (χ2n) is 5.12. The Hall–Kier alpha value is -0.320. The molecule has 1 N–H and O–H groups in total. The van der Waals surface area contributed by atoms with Gasteiger partial charge < -0.3 is 10.2 Å². The molecule has 0 aromatic carbocycles. The minimum absolute atomic E-state index is 0. The first-order valence-corrected chi connectivity index (χ1v) is 6.43. The van der Waals surface area contributed by atoms with Gasteiger partial charge in [-0.15, -0.1) is 12.4 Å². The Labute approximate surface area is 110 Å². The summed E-state index contributed by atoms with van der Waals surface area (Å²) in [5.74, 6) is 1.14. The Morgan fingerprint density at radius 3 is 2.53 bits per heavy atom. The molecule has 1 saturated carbocycles. The summed E-state index contributed by atoms with van der Waals surface area (Å²) in [6.07, 6.45) is 4.09. The summed E-state index contributed by atoms with van der Waals surface area (Å²) in [4.78, 5) is 16.1. The Morgan fingerprint density at radius 1 is 1.35 bits per heavy atom. The topological polar surface area (TPSA) is 35.6 Å². The second kappa shape index (κ2) is 7.19. The molecule has 0 aromatic heterocycles. The molecule has 2 fully saturated rings. The Kier molecular flexibility index (Phi) is 6.23. The van der Waals surface area contributed by atoms with E-state index in [0.29, 0.717) is 12.5 Å². The van der Waals surface area contributed by atoms with Gasteiger partial charge in [0, 0.05) is 32.7 Å². The predicted octanol–water partition coefficient (Wildman–Crippen LogP) is 0.572. The average Bonchev–Trinajstić information content (AvgIpc) is 2.25. The standard InChI is InChI=1S/C12H23N3O.ClH/c1-14(9-11-3-2-4-11)10-12(16)15-7-5-13-6-8-15;/h11,13H,2-10H2,1H3;1H. The van der Waals surface area contributed by atoms with E-state index in [4.69, 9.17) is 0 Å². The number of rotatable bonds is 4. The highest BCUT2D eigenvalue weighted by molar-refractivity contribution is 5.85. The molecule has 0 spiro atoms. The molecule has 4 nitrogen and oxygen atoms in total. The first-order valence-electron chi connectivity index (χ1n) is 6.43. The van der Waals surface area contributed by atoms with E-state index in [-0.39, 0.29) is 12.4 Å². The highest BCUT2D eigenvalue weighted by Crippen LogP contribution is 2.26. The van der Waals surface area contributed by atoms with Gasteiger partial charge >= 0.3 is 0 Å². The van der Waals surface area contributed by atoms with Gasteiger partial charge in [0.05, 0.1) is 6.54 Å². The molecule has 0 radical (unpaired) electrons. The number of carbonyl (C=O) groups excluding carboxylic acids is 1.